The van der Waals surface area contributed by atoms with Crippen LogP contribution in [0.3, 0.4) is 0 Å². The van der Waals surface area contributed by atoms with E-state index in [-0.39, 0.29) is 5.91 Å². The minimum Gasteiger partial charge on any atom is -0.469 e. The molecule has 5 nitrogen and oxygen atoms in total. The highest BCUT2D eigenvalue weighted by Crippen LogP contribution is 2.35. The van der Waals surface area contributed by atoms with Crippen molar-refractivity contribution in [1.29, 1.82) is 0 Å². The van der Waals surface area contributed by atoms with Crippen molar-refractivity contribution in [3.05, 3.63) is 23.2 Å². The number of amides is 2. The van der Waals surface area contributed by atoms with E-state index in [0.29, 0.717) is 24.2 Å². The first kappa shape index (κ1) is 10.7. The van der Waals surface area contributed by atoms with Gasteiger partial charge in [0.05, 0.1) is 11.8 Å². The van der Waals surface area contributed by atoms with Crippen LogP contribution in [0.5, 0.6) is 0 Å². The summed E-state index contributed by atoms with van der Waals surface area (Å²) in [5.41, 5.74) is 5.66. The van der Waals surface area contributed by atoms with E-state index in [1.54, 1.807) is 13.8 Å². The molecule has 86 valence electrons. The van der Waals surface area contributed by atoms with Gasteiger partial charge < -0.3 is 15.5 Å². The molecular weight excluding hydrogens is 208 g/mol. The van der Waals surface area contributed by atoms with E-state index < -0.39 is 11.4 Å². The summed E-state index contributed by atoms with van der Waals surface area (Å²) >= 11 is 0. The van der Waals surface area contributed by atoms with Crippen LogP contribution in [-0.2, 0) is 4.79 Å². The predicted molar refractivity (Wildman–Crippen MR) is 56.8 cm³/mol. The molecule has 1 fully saturated rings. The lowest BCUT2D eigenvalue weighted by Gasteiger charge is -2.13. The van der Waals surface area contributed by atoms with Crippen molar-refractivity contribution in [2.75, 3.05) is 0 Å². The fraction of sp³-hybridized carbons (Fsp3) is 0.455. The third kappa shape index (κ3) is 1.58. The van der Waals surface area contributed by atoms with Gasteiger partial charge in [-0.15, -0.1) is 0 Å². The second-order valence-corrected chi connectivity index (χ2v) is 4.25. The van der Waals surface area contributed by atoms with E-state index in [1.807, 2.05) is 0 Å². The molecule has 1 aromatic heterocycles. The molecular formula is C11H14N2O3. The molecule has 3 N–H and O–H groups in total. The molecule has 0 aliphatic heterocycles. The Bertz CT molecular complexity index is 438. The Kier molecular flexibility index (Phi) is 2.26. The molecule has 5 heteroatoms. The zero-order valence-electron chi connectivity index (χ0n) is 9.29. The number of primary amides is 1. The van der Waals surface area contributed by atoms with Crippen molar-refractivity contribution in [3.63, 3.8) is 0 Å². The third-order valence-electron chi connectivity index (χ3n) is 2.96. The van der Waals surface area contributed by atoms with Crippen LogP contribution in [0.4, 0.5) is 0 Å². The molecule has 0 aromatic carbocycles. The van der Waals surface area contributed by atoms with E-state index in [4.69, 9.17) is 10.2 Å². The highest BCUT2D eigenvalue weighted by atomic mass is 16.3. The van der Waals surface area contributed by atoms with Gasteiger partial charge in [-0.1, -0.05) is 0 Å². The number of carbonyl (C=O) groups is 2. The lowest BCUT2D eigenvalue weighted by Crippen LogP contribution is -2.46. The number of nitrogens with two attached hydrogens (primary N) is 1. The van der Waals surface area contributed by atoms with Gasteiger partial charge in [0.2, 0.25) is 5.91 Å². The fourth-order valence-corrected chi connectivity index (χ4v) is 1.75. The standard InChI is InChI=1S/C11H14N2O3/c1-6-5-16-7(2)8(6)9(14)13-11(3-4-11)10(12)15/h5H,3-4H2,1-2H3,(H2,12,15)(H,13,14). The molecule has 0 bridgehead atoms. The van der Waals surface area contributed by atoms with Crippen LogP contribution >= 0.6 is 0 Å². The van der Waals surface area contributed by atoms with Gasteiger partial charge in [-0.2, -0.15) is 0 Å². The molecule has 2 rings (SSSR count). The van der Waals surface area contributed by atoms with Crippen molar-refractivity contribution in [1.82, 2.24) is 5.32 Å². The minimum absolute atomic E-state index is 0.292. The number of hydrogen-bond donors (Lipinski definition) is 2. The number of hydrogen-bond acceptors (Lipinski definition) is 3. The maximum atomic E-state index is 11.9. The minimum atomic E-state index is -0.826. The maximum Gasteiger partial charge on any atom is 0.255 e. The van der Waals surface area contributed by atoms with Gasteiger partial charge in [0.1, 0.15) is 11.3 Å². The summed E-state index contributed by atoms with van der Waals surface area (Å²) < 4.78 is 5.13. The Labute approximate surface area is 93.0 Å². The van der Waals surface area contributed by atoms with E-state index in [2.05, 4.69) is 5.32 Å². The highest BCUT2D eigenvalue weighted by Gasteiger charge is 2.50. The van der Waals surface area contributed by atoms with Crippen molar-refractivity contribution >= 4 is 11.8 Å². The summed E-state index contributed by atoms with van der Waals surface area (Å²) in [4.78, 5) is 23.1. The first-order valence-electron chi connectivity index (χ1n) is 5.13. The number of carbonyl (C=O) groups excluding carboxylic acids is 2. The number of furan rings is 1. The van der Waals surface area contributed by atoms with E-state index in [9.17, 15) is 9.59 Å². The molecule has 1 saturated carbocycles. The van der Waals surface area contributed by atoms with Gasteiger partial charge in [-0.05, 0) is 26.7 Å². The molecule has 0 spiro atoms. The molecule has 1 heterocycles. The molecule has 1 aliphatic carbocycles. The van der Waals surface area contributed by atoms with Crippen LogP contribution < -0.4 is 11.1 Å². The summed E-state index contributed by atoms with van der Waals surface area (Å²) in [6, 6.07) is 0. The van der Waals surface area contributed by atoms with Gasteiger partial charge in [0, 0.05) is 5.56 Å². The van der Waals surface area contributed by atoms with Crippen molar-refractivity contribution in [3.8, 4) is 0 Å². The van der Waals surface area contributed by atoms with Crippen molar-refractivity contribution in [2.45, 2.75) is 32.2 Å². The van der Waals surface area contributed by atoms with Gasteiger partial charge in [0.15, 0.2) is 0 Å². The monoisotopic (exact) mass is 222 g/mol. The Balaban J connectivity index is 2.19. The topological polar surface area (TPSA) is 85.3 Å². The summed E-state index contributed by atoms with van der Waals surface area (Å²) in [5, 5.41) is 2.68. The van der Waals surface area contributed by atoms with E-state index in [0.717, 1.165) is 5.56 Å². The van der Waals surface area contributed by atoms with E-state index >= 15 is 0 Å². The zero-order chi connectivity index (χ0) is 11.9. The lowest BCUT2D eigenvalue weighted by molar-refractivity contribution is -0.120. The van der Waals surface area contributed by atoms with Gasteiger partial charge in [-0.3, -0.25) is 9.59 Å². The summed E-state index contributed by atoms with van der Waals surface area (Å²) in [6.07, 6.45) is 2.75. The number of aryl methyl sites for hydroxylation is 2. The molecule has 0 radical (unpaired) electrons. The van der Waals surface area contributed by atoms with Gasteiger partial charge in [0.25, 0.3) is 5.91 Å². The fourth-order valence-electron chi connectivity index (χ4n) is 1.75. The SMILES string of the molecule is Cc1coc(C)c1C(=O)NC1(C(N)=O)CC1. The van der Waals surface area contributed by atoms with Crippen molar-refractivity contribution in [2.24, 2.45) is 5.73 Å². The Morgan fingerprint density at radius 2 is 2.06 bits per heavy atom. The molecule has 0 unspecified atom stereocenters. The van der Waals surface area contributed by atoms with Crippen LogP contribution in [0.15, 0.2) is 10.7 Å². The average Bonchev–Trinajstić information content (AvgIpc) is 2.89. The second kappa shape index (κ2) is 3.37. The lowest BCUT2D eigenvalue weighted by atomic mass is 10.1. The molecule has 16 heavy (non-hydrogen) atoms. The molecule has 0 atom stereocenters. The van der Waals surface area contributed by atoms with Crippen LogP contribution in [0.2, 0.25) is 0 Å². The number of nitrogens with one attached hydrogen (secondary N) is 1. The first-order valence-corrected chi connectivity index (χ1v) is 5.13. The average molecular weight is 222 g/mol. The maximum absolute atomic E-state index is 11.9. The van der Waals surface area contributed by atoms with E-state index in [1.165, 1.54) is 6.26 Å². The second-order valence-electron chi connectivity index (χ2n) is 4.25. The zero-order valence-corrected chi connectivity index (χ0v) is 9.29. The van der Waals surface area contributed by atoms with Crippen LogP contribution in [0.1, 0.15) is 34.5 Å². The molecule has 2 amide bonds. The third-order valence-corrected chi connectivity index (χ3v) is 2.96. The summed E-state index contributed by atoms with van der Waals surface area (Å²) in [6.45, 7) is 3.50. The highest BCUT2D eigenvalue weighted by molar-refractivity contribution is 6.01. The Morgan fingerprint density at radius 1 is 1.44 bits per heavy atom. The quantitative estimate of drug-likeness (QED) is 0.787. The largest absolute Gasteiger partial charge is 0.469 e. The van der Waals surface area contributed by atoms with Crippen molar-refractivity contribution < 1.29 is 14.0 Å². The predicted octanol–water partition coefficient (Wildman–Crippen LogP) is 0.644. The summed E-state index contributed by atoms with van der Waals surface area (Å²) in [5.74, 6) is -0.213. The van der Waals surface area contributed by atoms with Gasteiger partial charge in [-0.25, -0.2) is 0 Å². The first-order chi connectivity index (χ1) is 7.46. The summed E-state index contributed by atoms with van der Waals surface area (Å²) in [7, 11) is 0. The molecule has 1 aliphatic rings. The van der Waals surface area contributed by atoms with Crippen LogP contribution in [-0.4, -0.2) is 17.4 Å². The molecule has 0 saturated heterocycles. The Hall–Kier alpha value is -1.78. The van der Waals surface area contributed by atoms with Gasteiger partial charge >= 0.3 is 0 Å². The molecule has 1 aromatic rings. The Morgan fingerprint density at radius 3 is 2.44 bits per heavy atom. The van der Waals surface area contributed by atoms with Crippen LogP contribution in [0, 0.1) is 13.8 Å². The number of rotatable bonds is 3. The van der Waals surface area contributed by atoms with Crippen LogP contribution in [0.25, 0.3) is 0 Å². The normalized spacial score (nSPS) is 16.9. The smallest absolute Gasteiger partial charge is 0.255 e.